The number of pyridine rings is 1. The highest BCUT2D eigenvalue weighted by Gasteiger charge is 2.08. The predicted octanol–water partition coefficient (Wildman–Crippen LogP) is 3.17. The number of halogens is 1. The van der Waals surface area contributed by atoms with Gasteiger partial charge in [0, 0.05) is 18.3 Å². The molecule has 0 aliphatic carbocycles. The third kappa shape index (κ3) is 3.11. The van der Waals surface area contributed by atoms with Gasteiger partial charge in [0.1, 0.15) is 0 Å². The Morgan fingerprint density at radius 1 is 1.35 bits per heavy atom. The molecule has 1 atom stereocenters. The number of nitrogens with zero attached hydrogens (tertiary/aromatic N) is 2. The topological polar surface area (TPSA) is 57.9 Å². The number of hydrogen-bond acceptors (Lipinski definition) is 4. The van der Waals surface area contributed by atoms with Gasteiger partial charge in [-0.3, -0.25) is 0 Å². The van der Waals surface area contributed by atoms with Crippen molar-refractivity contribution in [2.75, 3.05) is 7.05 Å². The van der Waals surface area contributed by atoms with E-state index in [0.29, 0.717) is 5.88 Å². The summed E-state index contributed by atoms with van der Waals surface area (Å²) in [6.07, 6.45) is 1.68. The van der Waals surface area contributed by atoms with E-state index < -0.39 is 5.82 Å². The molecule has 4 nitrogen and oxygen atoms in total. The van der Waals surface area contributed by atoms with Crippen molar-refractivity contribution in [3.8, 4) is 17.7 Å². The van der Waals surface area contributed by atoms with Crippen LogP contribution >= 0.6 is 0 Å². The molecule has 2 aromatic rings. The molecule has 0 spiro atoms. The van der Waals surface area contributed by atoms with Crippen LogP contribution in [0.1, 0.15) is 24.1 Å². The van der Waals surface area contributed by atoms with Gasteiger partial charge < -0.3 is 10.1 Å². The van der Waals surface area contributed by atoms with Crippen molar-refractivity contribution in [2.45, 2.75) is 13.0 Å². The minimum absolute atomic E-state index is 0.0471. The average molecular weight is 271 g/mol. The second kappa shape index (κ2) is 6.13. The van der Waals surface area contributed by atoms with Crippen molar-refractivity contribution in [1.29, 1.82) is 5.26 Å². The molecule has 0 amide bonds. The fraction of sp³-hybridized carbons (Fsp3) is 0.200. The van der Waals surface area contributed by atoms with Crippen molar-refractivity contribution in [1.82, 2.24) is 10.3 Å². The molecule has 0 bridgehead atoms. The average Bonchev–Trinajstić information content (AvgIpc) is 2.49. The maximum Gasteiger partial charge on any atom is 0.219 e. The van der Waals surface area contributed by atoms with Crippen molar-refractivity contribution in [3.05, 3.63) is 53.5 Å². The third-order valence-electron chi connectivity index (χ3n) is 2.97. The van der Waals surface area contributed by atoms with E-state index in [9.17, 15) is 4.39 Å². The lowest BCUT2D eigenvalue weighted by Gasteiger charge is -2.11. The van der Waals surface area contributed by atoms with E-state index in [1.54, 1.807) is 12.3 Å². The first-order chi connectivity index (χ1) is 9.63. The van der Waals surface area contributed by atoms with Crippen LogP contribution in [0.25, 0.3) is 0 Å². The van der Waals surface area contributed by atoms with Gasteiger partial charge in [-0.2, -0.15) is 5.26 Å². The maximum absolute atomic E-state index is 13.7. The van der Waals surface area contributed by atoms with Crippen LogP contribution in [0.3, 0.4) is 0 Å². The van der Waals surface area contributed by atoms with Gasteiger partial charge in [0.2, 0.25) is 5.88 Å². The number of rotatable bonds is 4. The van der Waals surface area contributed by atoms with E-state index in [1.165, 1.54) is 12.1 Å². The molecule has 1 N–H and O–H groups in total. The molecule has 5 heteroatoms. The van der Waals surface area contributed by atoms with Crippen molar-refractivity contribution < 1.29 is 9.13 Å². The highest BCUT2D eigenvalue weighted by atomic mass is 19.1. The molecule has 2 rings (SSSR count). The Morgan fingerprint density at radius 2 is 2.15 bits per heavy atom. The summed E-state index contributed by atoms with van der Waals surface area (Å²) in [5, 5.41) is 11.8. The first kappa shape index (κ1) is 14.0. The maximum atomic E-state index is 13.7. The Hall–Kier alpha value is -2.45. The number of benzene rings is 1. The summed E-state index contributed by atoms with van der Waals surface area (Å²) in [6, 6.07) is 9.64. The van der Waals surface area contributed by atoms with Crippen LogP contribution in [-0.4, -0.2) is 12.0 Å². The Balaban J connectivity index is 2.16. The highest BCUT2D eigenvalue weighted by molar-refractivity contribution is 5.37. The zero-order valence-electron chi connectivity index (χ0n) is 11.2. The minimum atomic E-state index is -0.585. The Bertz CT molecular complexity index is 635. The first-order valence-electron chi connectivity index (χ1n) is 6.14. The third-order valence-corrected chi connectivity index (χ3v) is 2.97. The molecule has 102 valence electrons. The lowest BCUT2D eigenvalue weighted by Crippen LogP contribution is -2.12. The second-order valence-corrected chi connectivity index (χ2v) is 4.30. The summed E-state index contributed by atoms with van der Waals surface area (Å²) < 4.78 is 19.0. The summed E-state index contributed by atoms with van der Waals surface area (Å²) in [5.41, 5.74) is 1.26. The van der Waals surface area contributed by atoms with Gasteiger partial charge in [0.25, 0.3) is 0 Å². The monoisotopic (exact) mass is 271 g/mol. The Morgan fingerprint density at radius 3 is 2.70 bits per heavy atom. The summed E-state index contributed by atoms with van der Waals surface area (Å²) in [7, 11) is 1.86. The molecular formula is C15H14FN3O. The molecule has 0 aliphatic heterocycles. The summed E-state index contributed by atoms with van der Waals surface area (Å²) in [5.74, 6) is -0.231. The number of aromatic nitrogens is 1. The van der Waals surface area contributed by atoms with Crippen molar-refractivity contribution in [2.24, 2.45) is 0 Å². The molecule has 0 saturated heterocycles. The van der Waals surface area contributed by atoms with Gasteiger partial charge >= 0.3 is 0 Å². The standard InChI is InChI=1S/C15H14FN3O/c1-10(18-2)12-4-6-15(19-9-12)20-14-5-3-11(8-17)7-13(14)16/h3-7,9-10,18H,1-2H3. The molecule has 1 unspecified atom stereocenters. The van der Waals surface area contributed by atoms with Gasteiger partial charge in [-0.05, 0) is 37.7 Å². The molecule has 1 aromatic carbocycles. The van der Waals surface area contributed by atoms with E-state index in [-0.39, 0.29) is 17.4 Å². The van der Waals surface area contributed by atoms with Crippen LogP contribution in [0.2, 0.25) is 0 Å². The van der Waals surface area contributed by atoms with Gasteiger partial charge in [0.15, 0.2) is 11.6 Å². The van der Waals surface area contributed by atoms with Crippen LogP contribution in [0.5, 0.6) is 11.6 Å². The van der Waals surface area contributed by atoms with Gasteiger partial charge in [-0.25, -0.2) is 9.37 Å². The first-order valence-corrected chi connectivity index (χ1v) is 6.14. The molecule has 0 saturated carbocycles. The lowest BCUT2D eigenvalue weighted by molar-refractivity contribution is 0.426. The second-order valence-electron chi connectivity index (χ2n) is 4.30. The summed E-state index contributed by atoms with van der Waals surface area (Å²) in [4.78, 5) is 4.13. The largest absolute Gasteiger partial charge is 0.436 e. The summed E-state index contributed by atoms with van der Waals surface area (Å²) >= 11 is 0. The summed E-state index contributed by atoms with van der Waals surface area (Å²) in [6.45, 7) is 2.01. The molecule has 0 aliphatic rings. The Labute approximate surface area is 116 Å². The fourth-order valence-electron chi connectivity index (χ4n) is 1.64. The zero-order valence-corrected chi connectivity index (χ0v) is 11.2. The van der Waals surface area contributed by atoms with E-state index in [0.717, 1.165) is 11.6 Å². The quantitative estimate of drug-likeness (QED) is 0.928. The minimum Gasteiger partial charge on any atom is -0.436 e. The molecule has 1 aromatic heterocycles. The van der Waals surface area contributed by atoms with Crippen LogP contribution < -0.4 is 10.1 Å². The van der Waals surface area contributed by atoms with E-state index in [4.69, 9.17) is 10.00 Å². The van der Waals surface area contributed by atoms with Gasteiger partial charge in [-0.1, -0.05) is 6.07 Å². The van der Waals surface area contributed by atoms with Crippen LogP contribution in [-0.2, 0) is 0 Å². The normalized spacial score (nSPS) is 11.7. The molecule has 0 fully saturated rings. The zero-order chi connectivity index (χ0) is 14.5. The SMILES string of the molecule is CNC(C)c1ccc(Oc2ccc(C#N)cc2F)nc1. The predicted molar refractivity (Wildman–Crippen MR) is 72.9 cm³/mol. The molecular weight excluding hydrogens is 257 g/mol. The lowest BCUT2D eigenvalue weighted by atomic mass is 10.1. The fourth-order valence-corrected chi connectivity index (χ4v) is 1.64. The van der Waals surface area contributed by atoms with E-state index in [2.05, 4.69) is 10.3 Å². The van der Waals surface area contributed by atoms with E-state index in [1.807, 2.05) is 26.1 Å². The van der Waals surface area contributed by atoms with Crippen molar-refractivity contribution >= 4 is 0 Å². The van der Waals surface area contributed by atoms with Crippen molar-refractivity contribution in [3.63, 3.8) is 0 Å². The number of hydrogen-bond donors (Lipinski definition) is 1. The van der Waals surface area contributed by atoms with Crippen LogP contribution in [0.4, 0.5) is 4.39 Å². The van der Waals surface area contributed by atoms with Crippen LogP contribution in [0.15, 0.2) is 36.5 Å². The number of ether oxygens (including phenoxy) is 1. The molecule has 0 radical (unpaired) electrons. The molecule has 20 heavy (non-hydrogen) atoms. The smallest absolute Gasteiger partial charge is 0.219 e. The highest BCUT2D eigenvalue weighted by Crippen LogP contribution is 2.24. The Kier molecular flexibility index (Phi) is 4.28. The van der Waals surface area contributed by atoms with Crippen LogP contribution in [0, 0.1) is 17.1 Å². The van der Waals surface area contributed by atoms with E-state index >= 15 is 0 Å². The van der Waals surface area contributed by atoms with Gasteiger partial charge in [0.05, 0.1) is 11.6 Å². The van der Waals surface area contributed by atoms with Gasteiger partial charge in [-0.15, -0.1) is 0 Å². The number of nitrogens with one attached hydrogen (secondary N) is 1. The number of nitriles is 1. The molecule has 1 heterocycles.